The molecule has 5 heteroatoms. The zero-order valence-electron chi connectivity index (χ0n) is 4.13. The molecule has 1 aliphatic rings. The SMILES string of the molecule is NN1NC=C[C](O)N1. The molecule has 0 aliphatic carbocycles. The van der Waals surface area contributed by atoms with Crippen LogP contribution in [0.15, 0.2) is 12.3 Å². The highest BCUT2D eigenvalue weighted by Gasteiger charge is 2.06. The van der Waals surface area contributed by atoms with E-state index in [4.69, 9.17) is 10.9 Å². The number of nitrogens with zero attached hydrogens (tertiary/aromatic N) is 1. The van der Waals surface area contributed by atoms with Gasteiger partial charge in [-0.25, -0.2) is 5.84 Å². The summed E-state index contributed by atoms with van der Waals surface area (Å²) in [6.07, 6.45) is 2.97. The number of aliphatic hydroxyl groups excluding tert-OH is 1. The maximum Gasteiger partial charge on any atom is 0.200 e. The molecule has 0 amide bonds. The van der Waals surface area contributed by atoms with Crippen LogP contribution < -0.4 is 16.7 Å². The molecule has 0 aromatic carbocycles. The van der Waals surface area contributed by atoms with E-state index in [0.717, 1.165) is 5.23 Å². The fourth-order valence-corrected chi connectivity index (χ4v) is 0.389. The molecule has 0 saturated heterocycles. The van der Waals surface area contributed by atoms with Crippen LogP contribution in [-0.4, -0.2) is 10.3 Å². The summed E-state index contributed by atoms with van der Waals surface area (Å²) >= 11 is 0. The molecule has 0 fully saturated rings. The molecule has 1 aliphatic heterocycles. The van der Waals surface area contributed by atoms with Gasteiger partial charge >= 0.3 is 0 Å². The molecule has 1 radical (unpaired) electrons. The van der Waals surface area contributed by atoms with Crippen LogP contribution in [0.3, 0.4) is 0 Å². The molecule has 5 N–H and O–H groups in total. The molecule has 45 valence electrons. The molecule has 0 aromatic heterocycles. The van der Waals surface area contributed by atoms with Crippen molar-refractivity contribution in [3.63, 3.8) is 0 Å². The highest BCUT2D eigenvalue weighted by Crippen LogP contribution is 1.91. The van der Waals surface area contributed by atoms with Crippen LogP contribution in [0.25, 0.3) is 0 Å². The van der Waals surface area contributed by atoms with Gasteiger partial charge in [0.1, 0.15) is 0 Å². The van der Waals surface area contributed by atoms with Crippen molar-refractivity contribution in [3.8, 4) is 0 Å². The van der Waals surface area contributed by atoms with Gasteiger partial charge < -0.3 is 5.11 Å². The zero-order valence-corrected chi connectivity index (χ0v) is 4.13. The highest BCUT2D eigenvalue weighted by molar-refractivity contribution is 4.99. The van der Waals surface area contributed by atoms with E-state index in [1.54, 1.807) is 0 Å². The molecule has 0 unspecified atom stereocenters. The lowest BCUT2D eigenvalue weighted by Gasteiger charge is -2.22. The predicted octanol–water partition coefficient (Wildman–Crippen LogP) is -1.44. The molecule has 0 atom stereocenters. The lowest BCUT2D eigenvalue weighted by atomic mass is 10.5. The molecule has 0 aromatic rings. The van der Waals surface area contributed by atoms with Crippen LogP contribution in [0.2, 0.25) is 0 Å². The molecule has 0 bridgehead atoms. The predicted molar refractivity (Wildman–Crippen MR) is 26.6 cm³/mol. The Kier molecular flexibility index (Phi) is 1.45. The van der Waals surface area contributed by atoms with Gasteiger partial charge in [0.2, 0.25) is 6.23 Å². The number of hydrogen-bond donors (Lipinski definition) is 4. The Morgan fingerprint density at radius 2 is 2.50 bits per heavy atom. The van der Waals surface area contributed by atoms with Gasteiger partial charge in [-0.05, 0) is 6.08 Å². The van der Waals surface area contributed by atoms with Gasteiger partial charge in [0.25, 0.3) is 0 Å². The van der Waals surface area contributed by atoms with Gasteiger partial charge in [-0.2, -0.15) is 5.43 Å². The van der Waals surface area contributed by atoms with Crippen LogP contribution in [-0.2, 0) is 0 Å². The summed E-state index contributed by atoms with van der Waals surface area (Å²) in [7, 11) is 0. The summed E-state index contributed by atoms with van der Waals surface area (Å²) in [6.45, 7) is 0. The van der Waals surface area contributed by atoms with E-state index in [9.17, 15) is 0 Å². The van der Waals surface area contributed by atoms with Crippen LogP contribution >= 0.6 is 0 Å². The minimum Gasteiger partial charge on any atom is -0.367 e. The fraction of sp³-hybridized carbons (Fsp3) is 0. The Morgan fingerprint density at radius 3 is 2.88 bits per heavy atom. The number of nitrogens with one attached hydrogen (secondary N) is 2. The third-order valence-corrected chi connectivity index (χ3v) is 0.690. The smallest absolute Gasteiger partial charge is 0.200 e. The van der Waals surface area contributed by atoms with E-state index in [1.807, 2.05) is 0 Å². The van der Waals surface area contributed by atoms with E-state index in [-0.39, 0.29) is 6.23 Å². The van der Waals surface area contributed by atoms with Gasteiger partial charge in [-0.1, -0.05) is 5.23 Å². The first-order valence-electron chi connectivity index (χ1n) is 2.09. The third kappa shape index (κ3) is 1.17. The molecular formula is C3H7N4O. The van der Waals surface area contributed by atoms with Crippen LogP contribution in [0.1, 0.15) is 0 Å². The second kappa shape index (κ2) is 2.10. The topological polar surface area (TPSA) is 73.5 Å². The lowest BCUT2D eigenvalue weighted by molar-refractivity contribution is 0.0846. The molecule has 0 saturated carbocycles. The van der Waals surface area contributed by atoms with Gasteiger partial charge in [-0.15, -0.1) is 0 Å². The van der Waals surface area contributed by atoms with Crippen LogP contribution in [0.5, 0.6) is 0 Å². The van der Waals surface area contributed by atoms with Crippen molar-refractivity contribution in [3.05, 3.63) is 18.5 Å². The van der Waals surface area contributed by atoms with E-state index in [1.165, 1.54) is 12.3 Å². The number of hydrazine groups is 3. The summed E-state index contributed by atoms with van der Waals surface area (Å²) in [5, 5.41) is 9.67. The molecule has 0 spiro atoms. The van der Waals surface area contributed by atoms with E-state index in [0.29, 0.717) is 0 Å². The van der Waals surface area contributed by atoms with Crippen molar-refractivity contribution in [2.75, 3.05) is 0 Å². The van der Waals surface area contributed by atoms with Gasteiger partial charge in [-0.3, -0.25) is 5.43 Å². The number of nitrogens with two attached hydrogens (primary N) is 1. The first-order chi connectivity index (χ1) is 3.79. The largest absolute Gasteiger partial charge is 0.367 e. The minimum absolute atomic E-state index is 0.0197. The Hall–Kier alpha value is -0.620. The quantitative estimate of drug-likeness (QED) is 0.291. The Morgan fingerprint density at radius 1 is 1.75 bits per heavy atom. The van der Waals surface area contributed by atoms with E-state index in [2.05, 4.69) is 10.9 Å². The fourth-order valence-electron chi connectivity index (χ4n) is 0.389. The summed E-state index contributed by atoms with van der Waals surface area (Å²) < 4.78 is 0. The average Bonchev–Trinajstić information content (AvgIpc) is 1.64. The third-order valence-electron chi connectivity index (χ3n) is 0.690. The highest BCUT2D eigenvalue weighted by atomic mass is 16.3. The summed E-state index contributed by atoms with van der Waals surface area (Å²) in [5.74, 6) is 5.10. The van der Waals surface area contributed by atoms with Crippen LogP contribution in [0.4, 0.5) is 0 Å². The monoisotopic (exact) mass is 115 g/mol. The molecule has 8 heavy (non-hydrogen) atoms. The number of hydrogen-bond acceptors (Lipinski definition) is 5. The van der Waals surface area contributed by atoms with Crippen molar-refractivity contribution >= 4 is 0 Å². The first kappa shape index (κ1) is 5.52. The first-order valence-corrected chi connectivity index (χ1v) is 2.09. The second-order valence-corrected chi connectivity index (χ2v) is 1.33. The maximum atomic E-state index is 8.64. The Bertz CT molecular complexity index is 103. The van der Waals surface area contributed by atoms with Crippen molar-refractivity contribution < 1.29 is 5.11 Å². The standard InChI is InChI=1S/C3H7N4O/c4-7-5-2-1-3(8)6-7/h1-2,5-6,8H,4H2. The lowest BCUT2D eigenvalue weighted by Crippen LogP contribution is -2.54. The van der Waals surface area contributed by atoms with Crippen molar-refractivity contribution in [1.29, 1.82) is 0 Å². The zero-order chi connectivity index (χ0) is 5.98. The molecule has 1 heterocycles. The van der Waals surface area contributed by atoms with Gasteiger partial charge in [0.15, 0.2) is 0 Å². The number of aliphatic hydroxyl groups is 1. The van der Waals surface area contributed by atoms with Gasteiger partial charge in [0, 0.05) is 6.20 Å². The van der Waals surface area contributed by atoms with E-state index >= 15 is 0 Å². The number of rotatable bonds is 0. The summed E-state index contributed by atoms with van der Waals surface area (Å²) in [5.41, 5.74) is 4.92. The summed E-state index contributed by atoms with van der Waals surface area (Å²) in [4.78, 5) is 0. The van der Waals surface area contributed by atoms with E-state index < -0.39 is 0 Å². The summed E-state index contributed by atoms with van der Waals surface area (Å²) in [6, 6.07) is 0. The average molecular weight is 115 g/mol. The minimum atomic E-state index is 0.0197. The normalized spacial score (nSPS) is 23.2. The molecular weight excluding hydrogens is 108 g/mol. The van der Waals surface area contributed by atoms with Gasteiger partial charge in [0.05, 0.1) is 0 Å². The van der Waals surface area contributed by atoms with Crippen LogP contribution in [0, 0.1) is 6.23 Å². The van der Waals surface area contributed by atoms with Crippen molar-refractivity contribution in [2.45, 2.75) is 0 Å². The van der Waals surface area contributed by atoms with Crippen molar-refractivity contribution in [2.24, 2.45) is 5.84 Å². The maximum absolute atomic E-state index is 8.64. The molecule has 5 nitrogen and oxygen atoms in total. The van der Waals surface area contributed by atoms with Crippen molar-refractivity contribution in [1.82, 2.24) is 16.1 Å². The Balaban J connectivity index is 2.42. The second-order valence-electron chi connectivity index (χ2n) is 1.33. The Labute approximate surface area is 46.7 Å². The molecule has 1 rings (SSSR count).